The van der Waals surface area contributed by atoms with Crippen LogP contribution in [0.3, 0.4) is 0 Å². The highest BCUT2D eigenvalue weighted by Crippen LogP contribution is 2.46. The van der Waals surface area contributed by atoms with Crippen LogP contribution in [0.1, 0.15) is 25.0 Å². The lowest BCUT2D eigenvalue weighted by Crippen LogP contribution is -2.21. The Balaban J connectivity index is 0.000000172. The molecule has 4 aromatic rings. The summed E-state index contributed by atoms with van der Waals surface area (Å²) in [5, 5.41) is 3.11. The zero-order valence-corrected chi connectivity index (χ0v) is 20.4. The number of ether oxygens (including phenoxy) is 1. The first kappa shape index (κ1) is 23.2. The zero-order chi connectivity index (χ0) is 24.5. The van der Waals surface area contributed by atoms with Gasteiger partial charge in [-0.15, -0.1) is 0 Å². The van der Waals surface area contributed by atoms with E-state index in [1.165, 1.54) is 27.2 Å². The van der Waals surface area contributed by atoms with Crippen molar-refractivity contribution in [2.75, 3.05) is 19.1 Å². The van der Waals surface area contributed by atoms with Gasteiger partial charge in [-0.25, -0.2) is 4.68 Å². The van der Waals surface area contributed by atoms with Gasteiger partial charge < -0.3 is 9.64 Å². The Labute approximate surface area is 200 Å². The summed E-state index contributed by atoms with van der Waals surface area (Å²) in [6, 6.07) is 25.3. The van der Waals surface area contributed by atoms with E-state index in [0.29, 0.717) is 0 Å². The van der Waals surface area contributed by atoms with Crippen molar-refractivity contribution in [3.63, 3.8) is 0 Å². The van der Waals surface area contributed by atoms with Crippen LogP contribution in [0.15, 0.2) is 95.9 Å². The maximum Gasteiger partial charge on any atom is 0.271 e. The first-order chi connectivity index (χ1) is 16.2. The van der Waals surface area contributed by atoms with E-state index in [9.17, 15) is 4.79 Å². The van der Waals surface area contributed by atoms with Crippen LogP contribution < -0.4 is 15.2 Å². The molecule has 1 aliphatic heterocycles. The van der Waals surface area contributed by atoms with E-state index < -0.39 is 0 Å². The van der Waals surface area contributed by atoms with E-state index in [-0.39, 0.29) is 11.0 Å². The Bertz CT molecular complexity index is 1360. The number of nitrogens with one attached hydrogen (secondary N) is 1. The Kier molecular flexibility index (Phi) is 6.20. The molecule has 5 rings (SSSR count). The summed E-state index contributed by atoms with van der Waals surface area (Å²) in [6.07, 6.45) is 0. The minimum absolute atomic E-state index is 0.0795. The van der Waals surface area contributed by atoms with Gasteiger partial charge in [0.25, 0.3) is 5.56 Å². The van der Waals surface area contributed by atoms with Gasteiger partial charge in [-0.1, -0.05) is 56.3 Å². The second-order valence-electron chi connectivity index (χ2n) is 9.06. The van der Waals surface area contributed by atoms with E-state index in [4.69, 9.17) is 4.74 Å². The summed E-state index contributed by atoms with van der Waals surface area (Å²) in [5.74, 6) is 0.790. The maximum atomic E-state index is 12.0. The molecule has 1 aliphatic rings. The van der Waals surface area contributed by atoms with Gasteiger partial charge in [0.05, 0.1) is 18.5 Å². The Morgan fingerprint density at radius 2 is 1.62 bits per heavy atom. The van der Waals surface area contributed by atoms with E-state index in [2.05, 4.69) is 62.6 Å². The summed E-state index contributed by atoms with van der Waals surface area (Å²) in [6.45, 7) is 10.8. The summed E-state index contributed by atoms with van der Waals surface area (Å²) in [5.41, 5.74) is 7.72. The summed E-state index contributed by atoms with van der Waals surface area (Å²) >= 11 is 0. The third-order valence-corrected chi connectivity index (χ3v) is 6.45. The normalized spacial score (nSPS) is 13.8. The number of anilines is 1. The van der Waals surface area contributed by atoms with Crippen LogP contribution in [0, 0.1) is 6.92 Å². The number of likely N-dealkylation sites (N-methyl/N-ethyl adjacent to an activating group) is 1. The number of methoxy groups -OCH3 is 1. The van der Waals surface area contributed by atoms with Crippen LogP contribution in [0.5, 0.6) is 5.75 Å². The molecule has 0 atom stereocenters. The third-order valence-electron chi connectivity index (χ3n) is 6.45. The third kappa shape index (κ3) is 4.29. The molecule has 1 N–H and O–H groups in total. The molecule has 0 saturated carbocycles. The Morgan fingerprint density at radius 3 is 2.26 bits per heavy atom. The number of nitrogens with zero attached hydrogens (tertiary/aromatic N) is 2. The fraction of sp³-hybridized carbons (Fsp3) is 0.207. The van der Waals surface area contributed by atoms with E-state index in [1.54, 1.807) is 13.2 Å². The monoisotopic (exact) mass is 453 g/mol. The van der Waals surface area contributed by atoms with Crippen molar-refractivity contribution in [2.24, 2.45) is 0 Å². The van der Waals surface area contributed by atoms with Gasteiger partial charge in [0.1, 0.15) is 5.75 Å². The van der Waals surface area contributed by atoms with Gasteiger partial charge in [-0.2, -0.15) is 0 Å². The van der Waals surface area contributed by atoms with E-state index >= 15 is 0 Å². The number of aryl methyl sites for hydroxylation is 1. The number of hydrogen-bond acceptors (Lipinski definition) is 3. The van der Waals surface area contributed by atoms with E-state index in [1.807, 2.05) is 54.6 Å². The number of hydrogen-bond donors (Lipinski definition) is 1. The van der Waals surface area contributed by atoms with Crippen molar-refractivity contribution in [3.8, 4) is 22.7 Å². The number of benzene rings is 3. The van der Waals surface area contributed by atoms with Gasteiger partial charge in [-0.05, 0) is 60.5 Å². The number of allylic oxidation sites excluding steroid dienone is 1. The molecule has 0 spiro atoms. The molecule has 0 unspecified atom stereocenters. The van der Waals surface area contributed by atoms with Crippen LogP contribution >= 0.6 is 0 Å². The van der Waals surface area contributed by atoms with Gasteiger partial charge in [0.15, 0.2) is 0 Å². The molecular weight excluding hydrogens is 422 g/mol. The topological polar surface area (TPSA) is 50.3 Å². The first-order valence-corrected chi connectivity index (χ1v) is 11.3. The summed E-state index contributed by atoms with van der Waals surface area (Å²) in [7, 11) is 3.72. The molecular formula is C29H31N3O2. The lowest BCUT2D eigenvalue weighted by molar-refractivity contribution is 0.415. The van der Waals surface area contributed by atoms with Crippen molar-refractivity contribution in [1.29, 1.82) is 0 Å². The minimum Gasteiger partial charge on any atom is -0.497 e. The highest BCUT2D eigenvalue weighted by Gasteiger charge is 2.36. The average Bonchev–Trinajstić information content (AvgIpc) is 3.32. The first-order valence-electron chi connectivity index (χ1n) is 11.3. The lowest BCUT2D eigenvalue weighted by atomic mass is 9.84. The van der Waals surface area contributed by atoms with Crippen molar-refractivity contribution >= 4 is 5.69 Å². The highest BCUT2D eigenvalue weighted by atomic mass is 16.5. The Hall–Kier alpha value is -3.99. The molecule has 0 bridgehead atoms. The number of fused-ring (bicyclic) bond motifs is 1. The number of H-pyrrole nitrogens is 1. The van der Waals surface area contributed by atoms with Gasteiger partial charge in [-0.3, -0.25) is 9.89 Å². The minimum atomic E-state index is -0.0815. The van der Waals surface area contributed by atoms with Crippen LogP contribution in [0.2, 0.25) is 0 Å². The molecule has 34 heavy (non-hydrogen) atoms. The molecule has 2 heterocycles. The van der Waals surface area contributed by atoms with Crippen LogP contribution in [-0.2, 0) is 5.41 Å². The summed E-state index contributed by atoms with van der Waals surface area (Å²) in [4.78, 5) is 14.2. The molecule has 5 nitrogen and oxygen atoms in total. The van der Waals surface area contributed by atoms with Gasteiger partial charge in [0.2, 0.25) is 0 Å². The molecule has 5 heteroatoms. The average molecular weight is 454 g/mol. The second-order valence-corrected chi connectivity index (χ2v) is 9.06. The quantitative estimate of drug-likeness (QED) is 0.409. The molecule has 3 aromatic carbocycles. The SMILES string of the molecule is C=C1N(C)c2ccc(C)cc2C1(C)C.COc1ccc(-c2cc(=O)n(-c3ccccc3)[nH]2)cc1. The number of rotatable bonds is 3. The van der Waals surface area contributed by atoms with Crippen molar-refractivity contribution < 1.29 is 4.74 Å². The van der Waals surface area contributed by atoms with Crippen molar-refractivity contribution in [3.05, 3.63) is 113 Å². The predicted molar refractivity (Wildman–Crippen MR) is 140 cm³/mol. The highest BCUT2D eigenvalue weighted by molar-refractivity contribution is 5.69. The maximum absolute atomic E-state index is 12.0. The smallest absolute Gasteiger partial charge is 0.271 e. The zero-order valence-electron chi connectivity index (χ0n) is 20.4. The van der Waals surface area contributed by atoms with Crippen LogP contribution in [0.4, 0.5) is 5.69 Å². The number of para-hydroxylation sites is 1. The lowest BCUT2D eigenvalue weighted by Gasteiger charge is -2.22. The molecule has 174 valence electrons. The van der Waals surface area contributed by atoms with Crippen LogP contribution in [0.25, 0.3) is 16.9 Å². The fourth-order valence-electron chi connectivity index (χ4n) is 4.25. The molecule has 0 radical (unpaired) electrons. The van der Waals surface area contributed by atoms with Crippen molar-refractivity contribution in [1.82, 2.24) is 9.78 Å². The molecule has 0 amide bonds. The summed E-state index contributed by atoms with van der Waals surface area (Å²) < 4.78 is 6.65. The number of aromatic nitrogens is 2. The molecule has 1 aromatic heterocycles. The molecule has 0 aliphatic carbocycles. The van der Waals surface area contributed by atoms with Crippen LogP contribution in [-0.4, -0.2) is 23.9 Å². The fourth-order valence-corrected chi connectivity index (χ4v) is 4.25. The molecule has 0 saturated heterocycles. The molecule has 0 fully saturated rings. The standard InChI is InChI=1S/C16H14N2O2.C13H17N/c1-20-14-9-7-12(8-10-14)15-11-16(19)18(17-15)13-5-3-2-4-6-13;1-9-6-7-12-11(8-9)13(3,4)10(2)14(12)5/h2-11,17H,1H3;6-8H,2H2,1,3-5H3. The second kappa shape index (κ2) is 9.10. The Morgan fingerprint density at radius 1 is 0.941 bits per heavy atom. The largest absolute Gasteiger partial charge is 0.497 e. The van der Waals surface area contributed by atoms with Gasteiger partial charge in [0, 0.05) is 29.9 Å². The number of aromatic amines is 1. The van der Waals surface area contributed by atoms with Gasteiger partial charge >= 0.3 is 0 Å². The van der Waals surface area contributed by atoms with E-state index in [0.717, 1.165) is 22.7 Å². The van der Waals surface area contributed by atoms with Crippen molar-refractivity contribution in [2.45, 2.75) is 26.2 Å². The predicted octanol–water partition coefficient (Wildman–Crippen LogP) is 6.08.